The van der Waals surface area contributed by atoms with Crippen molar-refractivity contribution in [1.29, 1.82) is 0 Å². The van der Waals surface area contributed by atoms with Gasteiger partial charge in [-0.3, -0.25) is 14.9 Å². The van der Waals surface area contributed by atoms with Crippen LogP contribution < -0.4 is 19.7 Å². The molecule has 0 atom stereocenters. The number of barbiturate groups is 1. The summed E-state index contributed by atoms with van der Waals surface area (Å²) in [5, 5.41) is 2.24. The van der Waals surface area contributed by atoms with Crippen molar-refractivity contribution < 1.29 is 28.2 Å². The predicted octanol–water partition coefficient (Wildman–Crippen LogP) is 5.30. The van der Waals surface area contributed by atoms with Crippen molar-refractivity contribution in [3.63, 3.8) is 0 Å². The van der Waals surface area contributed by atoms with Gasteiger partial charge in [-0.25, -0.2) is 14.1 Å². The molecule has 1 heterocycles. The Kier molecular flexibility index (Phi) is 7.39. The lowest BCUT2D eigenvalue weighted by Gasteiger charge is -2.28. The summed E-state index contributed by atoms with van der Waals surface area (Å²) in [5.41, 5.74) is 2.95. The van der Waals surface area contributed by atoms with E-state index in [1.165, 1.54) is 25.3 Å². The van der Waals surface area contributed by atoms with Crippen molar-refractivity contribution in [3.8, 4) is 11.5 Å². The fourth-order valence-electron chi connectivity index (χ4n) is 3.75. The third-order valence-electron chi connectivity index (χ3n) is 5.54. The largest absolute Gasteiger partial charge is 0.493 e. The molecule has 3 aromatic carbocycles. The number of imide groups is 2. The van der Waals surface area contributed by atoms with Crippen LogP contribution in [0.1, 0.15) is 22.3 Å². The highest BCUT2D eigenvalue weighted by molar-refractivity contribution is 14.1. The summed E-state index contributed by atoms with van der Waals surface area (Å²) >= 11 is 2.06. The number of nitrogens with zero attached hydrogens (tertiary/aromatic N) is 1. The Bertz CT molecular complexity index is 1420. The number of hydrogen-bond donors (Lipinski definition) is 1. The van der Waals surface area contributed by atoms with E-state index in [1.807, 2.05) is 13.0 Å². The molecule has 3 aromatic rings. The molecule has 1 aliphatic heterocycles. The van der Waals surface area contributed by atoms with Gasteiger partial charge in [-0.05, 0) is 95.1 Å². The number of rotatable bonds is 6. The molecular weight excluding hydrogens is 578 g/mol. The first-order chi connectivity index (χ1) is 17.2. The SMILES string of the molecule is COc1cc(/C=C2\C(=O)NC(=O)N(c3cc(C)ccc3C)C2=O)cc(I)c1OCc1cccc(F)c1. The normalized spacial score (nSPS) is 14.8. The van der Waals surface area contributed by atoms with Crippen LogP contribution in [0.5, 0.6) is 11.5 Å². The third-order valence-corrected chi connectivity index (χ3v) is 6.34. The highest BCUT2D eigenvalue weighted by atomic mass is 127. The number of nitrogens with one attached hydrogen (secondary N) is 1. The number of carbonyl (C=O) groups is 3. The van der Waals surface area contributed by atoms with Gasteiger partial charge in [0.15, 0.2) is 11.5 Å². The van der Waals surface area contributed by atoms with Gasteiger partial charge in [0, 0.05) is 0 Å². The third kappa shape index (κ3) is 5.25. The molecule has 7 nitrogen and oxygen atoms in total. The first-order valence-electron chi connectivity index (χ1n) is 10.9. The molecule has 1 aliphatic rings. The summed E-state index contributed by atoms with van der Waals surface area (Å²) < 4.78 is 25.5. The van der Waals surface area contributed by atoms with Crippen molar-refractivity contribution in [2.75, 3.05) is 12.0 Å². The number of methoxy groups -OCH3 is 1. The number of aryl methyl sites for hydroxylation is 2. The molecule has 4 amide bonds. The Balaban J connectivity index is 1.66. The van der Waals surface area contributed by atoms with E-state index in [-0.39, 0.29) is 18.0 Å². The zero-order valence-electron chi connectivity index (χ0n) is 19.7. The van der Waals surface area contributed by atoms with Crippen LogP contribution in [0.4, 0.5) is 14.9 Å². The Morgan fingerprint density at radius 3 is 2.56 bits per heavy atom. The minimum absolute atomic E-state index is 0.123. The van der Waals surface area contributed by atoms with Gasteiger partial charge in [-0.15, -0.1) is 0 Å². The van der Waals surface area contributed by atoms with E-state index >= 15 is 0 Å². The van der Waals surface area contributed by atoms with Gasteiger partial charge in [-0.2, -0.15) is 0 Å². The van der Waals surface area contributed by atoms with E-state index in [0.29, 0.717) is 37.4 Å². The molecule has 0 aromatic heterocycles. The quantitative estimate of drug-likeness (QED) is 0.236. The van der Waals surface area contributed by atoms with Crippen molar-refractivity contribution in [2.45, 2.75) is 20.5 Å². The minimum atomic E-state index is -0.802. The highest BCUT2D eigenvalue weighted by Gasteiger charge is 2.37. The van der Waals surface area contributed by atoms with Crippen LogP contribution in [0.15, 0.2) is 60.2 Å². The van der Waals surface area contributed by atoms with Gasteiger partial charge >= 0.3 is 6.03 Å². The van der Waals surface area contributed by atoms with E-state index in [2.05, 4.69) is 27.9 Å². The lowest BCUT2D eigenvalue weighted by molar-refractivity contribution is -0.122. The lowest BCUT2D eigenvalue weighted by atomic mass is 10.0. The van der Waals surface area contributed by atoms with Crippen LogP contribution >= 0.6 is 22.6 Å². The van der Waals surface area contributed by atoms with E-state index < -0.39 is 17.8 Å². The van der Waals surface area contributed by atoms with Crippen LogP contribution in [-0.4, -0.2) is 25.0 Å². The van der Waals surface area contributed by atoms with Crippen molar-refractivity contribution >= 4 is 52.2 Å². The fraction of sp³-hybridized carbons (Fsp3) is 0.148. The fourth-order valence-corrected chi connectivity index (χ4v) is 4.53. The van der Waals surface area contributed by atoms with Gasteiger partial charge in [0.2, 0.25) is 0 Å². The summed E-state index contributed by atoms with van der Waals surface area (Å²) in [5.74, 6) is -1.05. The lowest BCUT2D eigenvalue weighted by Crippen LogP contribution is -2.54. The maximum absolute atomic E-state index is 13.5. The maximum Gasteiger partial charge on any atom is 0.335 e. The van der Waals surface area contributed by atoms with E-state index in [4.69, 9.17) is 9.47 Å². The number of ether oxygens (including phenoxy) is 2. The van der Waals surface area contributed by atoms with Crippen LogP contribution in [0.25, 0.3) is 6.08 Å². The van der Waals surface area contributed by atoms with Crippen LogP contribution in [0, 0.1) is 23.2 Å². The molecule has 184 valence electrons. The molecule has 0 unspecified atom stereocenters. The molecular formula is C27H22FIN2O5. The van der Waals surface area contributed by atoms with E-state index in [0.717, 1.165) is 10.5 Å². The number of urea groups is 1. The summed E-state index contributed by atoms with van der Waals surface area (Å²) in [4.78, 5) is 39.4. The smallest absolute Gasteiger partial charge is 0.335 e. The van der Waals surface area contributed by atoms with Crippen LogP contribution in [0.3, 0.4) is 0 Å². The zero-order chi connectivity index (χ0) is 26.0. The molecule has 0 aliphatic carbocycles. The second-order valence-electron chi connectivity index (χ2n) is 8.20. The van der Waals surface area contributed by atoms with Crippen molar-refractivity contribution in [1.82, 2.24) is 5.32 Å². The highest BCUT2D eigenvalue weighted by Crippen LogP contribution is 2.36. The Labute approximate surface area is 221 Å². The molecule has 4 rings (SSSR count). The number of amides is 4. The van der Waals surface area contributed by atoms with E-state index in [9.17, 15) is 18.8 Å². The maximum atomic E-state index is 13.5. The molecule has 0 spiro atoms. The Hall–Kier alpha value is -3.73. The van der Waals surface area contributed by atoms with Gasteiger partial charge in [0.05, 0.1) is 16.4 Å². The standard InChI is InChI=1S/C27H22FIN2O5/c1-15-7-8-16(2)22(9-15)31-26(33)20(25(32)30-27(31)34)11-18-12-21(29)24(23(13-18)35-3)36-14-17-5-4-6-19(28)10-17/h4-13H,14H2,1-3H3,(H,30,32,34)/b20-11+. The second-order valence-corrected chi connectivity index (χ2v) is 9.36. The molecule has 36 heavy (non-hydrogen) atoms. The Morgan fingerprint density at radius 2 is 1.83 bits per heavy atom. The van der Waals surface area contributed by atoms with Crippen molar-refractivity contribution in [3.05, 3.63) is 91.8 Å². The number of anilines is 1. The average molecular weight is 600 g/mol. The van der Waals surface area contributed by atoms with Crippen molar-refractivity contribution in [2.24, 2.45) is 0 Å². The number of benzene rings is 3. The number of hydrogen-bond acceptors (Lipinski definition) is 5. The predicted molar refractivity (Wildman–Crippen MR) is 141 cm³/mol. The molecule has 9 heteroatoms. The molecule has 0 saturated carbocycles. The van der Waals surface area contributed by atoms with Crippen LogP contribution in [0.2, 0.25) is 0 Å². The minimum Gasteiger partial charge on any atom is -0.493 e. The summed E-state index contributed by atoms with van der Waals surface area (Å²) in [6, 6.07) is 14.0. The molecule has 1 fully saturated rings. The van der Waals surface area contributed by atoms with E-state index in [1.54, 1.807) is 43.3 Å². The summed E-state index contributed by atoms with van der Waals surface area (Å²) in [6.45, 7) is 3.76. The second kappa shape index (κ2) is 10.5. The molecule has 1 N–H and O–H groups in total. The Morgan fingerprint density at radius 1 is 1.06 bits per heavy atom. The average Bonchev–Trinajstić information content (AvgIpc) is 2.83. The first-order valence-corrected chi connectivity index (χ1v) is 12.0. The van der Waals surface area contributed by atoms with Gasteiger partial charge in [-0.1, -0.05) is 24.3 Å². The topological polar surface area (TPSA) is 84.9 Å². The zero-order valence-corrected chi connectivity index (χ0v) is 21.9. The number of carbonyl (C=O) groups excluding carboxylic acids is 3. The first kappa shape index (κ1) is 25.4. The number of halogens is 2. The monoisotopic (exact) mass is 600 g/mol. The molecule has 0 bridgehead atoms. The molecule has 0 radical (unpaired) electrons. The van der Waals surface area contributed by atoms with Gasteiger partial charge in [0.1, 0.15) is 18.0 Å². The summed E-state index contributed by atoms with van der Waals surface area (Å²) in [7, 11) is 1.47. The summed E-state index contributed by atoms with van der Waals surface area (Å²) in [6.07, 6.45) is 1.41. The van der Waals surface area contributed by atoms with Gasteiger partial charge in [0.25, 0.3) is 11.8 Å². The molecule has 1 saturated heterocycles. The van der Waals surface area contributed by atoms with Gasteiger partial charge < -0.3 is 9.47 Å². The van der Waals surface area contributed by atoms with Crippen LogP contribution in [-0.2, 0) is 16.2 Å².